The maximum atomic E-state index is 12.5. The third-order valence-corrected chi connectivity index (χ3v) is 3.98. The molecule has 0 aliphatic carbocycles. The standard InChI is InChI=1S/C18H14N6O2/c1-11-13(17(25)22-15-8-9-19-18(26)23-15)10-20-24(11)16-7-6-12-4-2-3-5-14(12)21-16/h2-10H,1H3,(H2,19,22,23,25,26). The Morgan fingerprint density at radius 3 is 2.85 bits per heavy atom. The minimum absolute atomic E-state index is 0.269. The van der Waals surface area contributed by atoms with Gasteiger partial charge in [0.25, 0.3) is 5.91 Å². The molecule has 1 aromatic carbocycles. The molecule has 8 nitrogen and oxygen atoms in total. The van der Waals surface area contributed by atoms with Gasteiger partial charge in [0.15, 0.2) is 5.82 Å². The third-order valence-electron chi connectivity index (χ3n) is 3.98. The van der Waals surface area contributed by atoms with Gasteiger partial charge in [0.1, 0.15) is 5.82 Å². The Labute approximate surface area is 147 Å². The molecule has 1 amide bonds. The Hall–Kier alpha value is -3.81. The number of carbonyl (C=O) groups excluding carboxylic acids is 1. The van der Waals surface area contributed by atoms with E-state index in [4.69, 9.17) is 0 Å². The maximum absolute atomic E-state index is 12.5. The first-order chi connectivity index (χ1) is 12.6. The topological polar surface area (TPSA) is 106 Å². The summed E-state index contributed by atoms with van der Waals surface area (Å²) in [6.45, 7) is 1.79. The summed E-state index contributed by atoms with van der Waals surface area (Å²) >= 11 is 0. The van der Waals surface area contributed by atoms with E-state index in [-0.39, 0.29) is 11.7 Å². The Kier molecular flexibility index (Phi) is 3.77. The molecule has 26 heavy (non-hydrogen) atoms. The smallest absolute Gasteiger partial charge is 0.308 e. The first kappa shape index (κ1) is 15.7. The largest absolute Gasteiger partial charge is 0.346 e. The molecule has 0 fully saturated rings. The average molecular weight is 346 g/mol. The van der Waals surface area contributed by atoms with Gasteiger partial charge in [0.2, 0.25) is 0 Å². The van der Waals surface area contributed by atoms with Gasteiger partial charge in [-0.2, -0.15) is 5.10 Å². The van der Waals surface area contributed by atoms with Crippen molar-refractivity contribution in [1.82, 2.24) is 24.7 Å². The summed E-state index contributed by atoms with van der Waals surface area (Å²) in [6, 6.07) is 13.1. The molecule has 128 valence electrons. The molecular weight excluding hydrogens is 332 g/mol. The molecule has 0 radical (unpaired) electrons. The van der Waals surface area contributed by atoms with Gasteiger partial charge in [-0.3, -0.25) is 9.78 Å². The van der Waals surface area contributed by atoms with Crippen LogP contribution in [-0.4, -0.2) is 30.6 Å². The predicted molar refractivity (Wildman–Crippen MR) is 96.4 cm³/mol. The van der Waals surface area contributed by atoms with E-state index in [0.717, 1.165) is 10.9 Å². The molecule has 0 unspecified atom stereocenters. The Bertz CT molecular complexity index is 1180. The van der Waals surface area contributed by atoms with Crippen LogP contribution < -0.4 is 11.0 Å². The number of H-pyrrole nitrogens is 1. The molecule has 8 heteroatoms. The van der Waals surface area contributed by atoms with Crippen LogP contribution in [0.25, 0.3) is 16.7 Å². The van der Waals surface area contributed by atoms with Gasteiger partial charge in [0, 0.05) is 11.6 Å². The van der Waals surface area contributed by atoms with E-state index in [1.165, 1.54) is 18.5 Å². The molecule has 4 rings (SSSR count). The van der Waals surface area contributed by atoms with Gasteiger partial charge < -0.3 is 5.32 Å². The van der Waals surface area contributed by atoms with Gasteiger partial charge >= 0.3 is 5.69 Å². The highest BCUT2D eigenvalue weighted by molar-refractivity contribution is 6.04. The van der Waals surface area contributed by atoms with Crippen LogP contribution in [0, 0.1) is 6.92 Å². The number of aromatic amines is 1. The van der Waals surface area contributed by atoms with Crippen LogP contribution in [0.5, 0.6) is 0 Å². The molecule has 0 saturated heterocycles. The van der Waals surface area contributed by atoms with Crippen molar-refractivity contribution in [2.45, 2.75) is 6.92 Å². The average Bonchev–Trinajstić information content (AvgIpc) is 3.03. The lowest BCUT2D eigenvalue weighted by Crippen LogP contribution is -2.18. The van der Waals surface area contributed by atoms with E-state index in [2.05, 4.69) is 25.4 Å². The molecule has 0 saturated carbocycles. The van der Waals surface area contributed by atoms with Crippen molar-refractivity contribution >= 4 is 22.6 Å². The number of pyridine rings is 1. The zero-order chi connectivity index (χ0) is 18.1. The number of benzene rings is 1. The summed E-state index contributed by atoms with van der Waals surface area (Å²) in [6.07, 6.45) is 2.80. The second-order valence-electron chi connectivity index (χ2n) is 5.66. The van der Waals surface area contributed by atoms with Crippen molar-refractivity contribution in [2.24, 2.45) is 0 Å². The van der Waals surface area contributed by atoms with Crippen molar-refractivity contribution in [3.05, 3.63) is 76.6 Å². The van der Waals surface area contributed by atoms with Crippen LogP contribution in [0.3, 0.4) is 0 Å². The van der Waals surface area contributed by atoms with Crippen LogP contribution in [0.1, 0.15) is 16.1 Å². The predicted octanol–water partition coefficient (Wildman–Crippen LogP) is 2.06. The molecule has 4 aromatic rings. The number of fused-ring (bicyclic) bond motifs is 1. The number of hydrogen-bond acceptors (Lipinski definition) is 5. The lowest BCUT2D eigenvalue weighted by atomic mass is 10.2. The number of para-hydroxylation sites is 1. The number of anilines is 1. The van der Waals surface area contributed by atoms with E-state index < -0.39 is 5.69 Å². The second-order valence-corrected chi connectivity index (χ2v) is 5.66. The minimum Gasteiger partial charge on any atom is -0.308 e. The molecule has 3 aromatic heterocycles. The molecule has 2 N–H and O–H groups in total. The number of rotatable bonds is 3. The number of hydrogen-bond donors (Lipinski definition) is 2. The van der Waals surface area contributed by atoms with Crippen molar-refractivity contribution in [3.8, 4) is 5.82 Å². The normalized spacial score (nSPS) is 10.8. The monoisotopic (exact) mass is 346 g/mol. The highest BCUT2D eigenvalue weighted by Gasteiger charge is 2.16. The maximum Gasteiger partial charge on any atom is 0.346 e. The van der Waals surface area contributed by atoms with Crippen LogP contribution in [0.2, 0.25) is 0 Å². The van der Waals surface area contributed by atoms with Gasteiger partial charge in [-0.15, -0.1) is 0 Å². The lowest BCUT2D eigenvalue weighted by molar-refractivity contribution is 0.102. The van der Waals surface area contributed by atoms with Gasteiger partial charge in [0.05, 0.1) is 23.0 Å². The van der Waals surface area contributed by atoms with Crippen molar-refractivity contribution in [2.75, 3.05) is 5.32 Å². The van der Waals surface area contributed by atoms with E-state index >= 15 is 0 Å². The van der Waals surface area contributed by atoms with Crippen LogP contribution in [0.4, 0.5) is 5.82 Å². The second kappa shape index (κ2) is 6.25. The van der Waals surface area contributed by atoms with Crippen LogP contribution in [-0.2, 0) is 0 Å². The molecule has 0 atom stereocenters. The van der Waals surface area contributed by atoms with Crippen LogP contribution in [0.15, 0.2) is 59.7 Å². The van der Waals surface area contributed by atoms with Gasteiger partial charge in [-0.1, -0.05) is 18.2 Å². The number of amides is 1. The zero-order valence-electron chi connectivity index (χ0n) is 13.8. The summed E-state index contributed by atoms with van der Waals surface area (Å²) in [7, 11) is 0. The van der Waals surface area contributed by atoms with E-state index in [0.29, 0.717) is 17.1 Å². The van der Waals surface area contributed by atoms with E-state index in [1.807, 2.05) is 36.4 Å². The molecule has 0 bridgehead atoms. The summed E-state index contributed by atoms with van der Waals surface area (Å²) in [4.78, 5) is 34.3. The minimum atomic E-state index is -0.532. The van der Waals surface area contributed by atoms with Crippen molar-refractivity contribution in [1.29, 1.82) is 0 Å². The first-order valence-corrected chi connectivity index (χ1v) is 7.89. The number of nitrogens with one attached hydrogen (secondary N) is 2. The highest BCUT2D eigenvalue weighted by atomic mass is 16.2. The number of aromatic nitrogens is 5. The van der Waals surface area contributed by atoms with E-state index in [9.17, 15) is 9.59 Å². The molecule has 0 aliphatic heterocycles. The molecule has 0 spiro atoms. The Morgan fingerprint density at radius 2 is 2.00 bits per heavy atom. The Morgan fingerprint density at radius 1 is 1.15 bits per heavy atom. The summed E-state index contributed by atoms with van der Waals surface area (Å²) < 4.78 is 1.61. The van der Waals surface area contributed by atoms with Crippen LogP contribution >= 0.6 is 0 Å². The Balaban J connectivity index is 1.66. The quantitative estimate of drug-likeness (QED) is 0.591. The third kappa shape index (κ3) is 2.84. The van der Waals surface area contributed by atoms with E-state index in [1.54, 1.807) is 11.6 Å². The summed E-state index contributed by atoms with van der Waals surface area (Å²) in [5.74, 6) is 0.514. The lowest BCUT2D eigenvalue weighted by Gasteiger charge is -2.07. The highest BCUT2D eigenvalue weighted by Crippen LogP contribution is 2.17. The summed E-state index contributed by atoms with van der Waals surface area (Å²) in [5.41, 5.74) is 1.34. The molecule has 3 heterocycles. The fraction of sp³-hybridized carbons (Fsp3) is 0.0556. The molecular formula is C18H14N6O2. The van der Waals surface area contributed by atoms with Gasteiger partial charge in [-0.25, -0.2) is 19.4 Å². The van der Waals surface area contributed by atoms with Crippen molar-refractivity contribution in [3.63, 3.8) is 0 Å². The number of nitrogens with zero attached hydrogens (tertiary/aromatic N) is 4. The van der Waals surface area contributed by atoms with Gasteiger partial charge in [-0.05, 0) is 31.2 Å². The number of carbonyl (C=O) groups is 1. The SMILES string of the molecule is Cc1c(C(=O)Nc2ccnc(=O)[nH]2)cnn1-c1ccc2ccccc2n1. The van der Waals surface area contributed by atoms with Crippen molar-refractivity contribution < 1.29 is 4.79 Å². The molecule has 0 aliphatic rings. The summed E-state index contributed by atoms with van der Waals surface area (Å²) in [5, 5.41) is 7.94. The fourth-order valence-corrected chi connectivity index (χ4v) is 2.67. The zero-order valence-corrected chi connectivity index (χ0v) is 13.8. The fourth-order valence-electron chi connectivity index (χ4n) is 2.67. The first-order valence-electron chi connectivity index (χ1n) is 7.89.